The lowest BCUT2D eigenvalue weighted by Crippen LogP contribution is -2.44. The van der Waals surface area contributed by atoms with Crippen LogP contribution in [0.3, 0.4) is 0 Å². The topological polar surface area (TPSA) is 71.1 Å². The Labute approximate surface area is 127 Å². The molecule has 0 radical (unpaired) electrons. The van der Waals surface area contributed by atoms with Crippen LogP contribution in [0.4, 0.5) is 0 Å². The van der Waals surface area contributed by atoms with Gasteiger partial charge in [0.05, 0.1) is 19.1 Å². The van der Waals surface area contributed by atoms with Crippen LogP contribution in [0.5, 0.6) is 0 Å². The van der Waals surface area contributed by atoms with Gasteiger partial charge in [0.15, 0.2) is 5.82 Å². The quantitative estimate of drug-likeness (QED) is 0.940. The van der Waals surface area contributed by atoms with E-state index in [2.05, 4.69) is 15.2 Å². The molecule has 0 bridgehead atoms. The van der Waals surface area contributed by atoms with E-state index >= 15 is 0 Å². The van der Waals surface area contributed by atoms with Crippen molar-refractivity contribution in [1.82, 2.24) is 20.1 Å². The van der Waals surface area contributed by atoms with Gasteiger partial charge in [-0.1, -0.05) is 0 Å². The third-order valence-electron chi connectivity index (χ3n) is 3.69. The van der Waals surface area contributed by atoms with E-state index in [1.807, 2.05) is 35.6 Å². The molecule has 2 atom stereocenters. The minimum Gasteiger partial charge on any atom is -0.366 e. The molecule has 0 unspecified atom stereocenters. The van der Waals surface area contributed by atoms with Gasteiger partial charge in [-0.15, -0.1) is 0 Å². The number of ether oxygens (including phenoxy) is 1. The van der Waals surface area contributed by atoms with Crippen LogP contribution in [0.25, 0.3) is 0 Å². The van der Waals surface area contributed by atoms with Crippen molar-refractivity contribution in [3.63, 3.8) is 0 Å². The zero-order valence-corrected chi connectivity index (χ0v) is 12.9. The third-order valence-corrected chi connectivity index (χ3v) is 4.40. The summed E-state index contributed by atoms with van der Waals surface area (Å²) >= 11 is 1.61. The first-order valence-electron chi connectivity index (χ1n) is 6.96. The first kappa shape index (κ1) is 14.2. The molecule has 2 aromatic heterocycles. The van der Waals surface area contributed by atoms with Gasteiger partial charge in [0.25, 0.3) is 0 Å². The third kappa shape index (κ3) is 2.98. The Morgan fingerprint density at radius 3 is 3.14 bits per heavy atom. The summed E-state index contributed by atoms with van der Waals surface area (Å²) in [6, 6.07) is 2.00. The van der Waals surface area contributed by atoms with Crippen molar-refractivity contribution < 1.29 is 9.53 Å². The first-order chi connectivity index (χ1) is 10.1. The molecule has 1 fully saturated rings. The van der Waals surface area contributed by atoms with E-state index in [1.165, 1.54) is 0 Å². The number of nitrogens with one attached hydrogen (secondary N) is 1. The van der Waals surface area contributed by atoms with E-state index < -0.39 is 0 Å². The van der Waals surface area contributed by atoms with Crippen LogP contribution in [0.2, 0.25) is 0 Å². The molecule has 6 nitrogen and oxygen atoms in total. The zero-order valence-electron chi connectivity index (χ0n) is 12.1. The largest absolute Gasteiger partial charge is 0.366 e. The summed E-state index contributed by atoms with van der Waals surface area (Å²) in [5, 5.41) is 11.0. The van der Waals surface area contributed by atoms with E-state index in [9.17, 15) is 4.79 Å². The number of amides is 1. The number of hydrogen-bond donors (Lipinski definition) is 1. The maximum absolute atomic E-state index is 12.6. The van der Waals surface area contributed by atoms with E-state index in [0.717, 1.165) is 11.4 Å². The van der Waals surface area contributed by atoms with E-state index in [-0.39, 0.29) is 17.9 Å². The minimum atomic E-state index is -0.248. The van der Waals surface area contributed by atoms with Crippen molar-refractivity contribution in [1.29, 1.82) is 0 Å². The number of carbonyl (C=O) groups excluding carboxylic acids is 1. The summed E-state index contributed by atoms with van der Waals surface area (Å²) in [5.41, 5.74) is 1.07. The van der Waals surface area contributed by atoms with Crippen LogP contribution in [-0.4, -0.2) is 45.7 Å². The molecule has 7 heteroatoms. The van der Waals surface area contributed by atoms with Crippen molar-refractivity contribution >= 4 is 17.2 Å². The Balaban J connectivity index is 1.69. The van der Waals surface area contributed by atoms with Gasteiger partial charge in [-0.05, 0) is 36.2 Å². The number of H-pyrrole nitrogens is 1. The number of aromatic amines is 1. The summed E-state index contributed by atoms with van der Waals surface area (Å²) in [6.45, 7) is 5.44. The molecule has 112 valence electrons. The molecule has 0 saturated carbocycles. The number of rotatable bonds is 3. The molecule has 1 aliphatic rings. The van der Waals surface area contributed by atoms with Crippen LogP contribution in [0, 0.1) is 6.92 Å². The molecular formula is C14H18N4O2S. The monoisotopic (exact) mass is 306 g/mol. The Hall–Kier alpha value is -1.73. The van der Waals surface area contributed by atoms with Gasteiger partial charge in [-0.3, -0.25) is 9.89 Å². The molecule has 1 amide bonds. The number of aryl methyl sites for hydroxylation is 1. The Kier molecular flexibility index (Phi) is 4.03. The lowest BCUT2D eigenvalue weighted by Gasteiger charge is -2.33. The lowest BCUT2D eigenvalue weighted by atomic mass is 10.0. The van der Waals surface area contributed by atoms with E-state index in [1.54, 1.807) is 11.3 Å². The van der Waals surface area contributed by atoms with Crippen LogP contribution >= 0.6 is 11.3 Å². The highest BCUT2D eigenvalue weighted by Gasteiger charge is 2.30. The molecule has 3 heterocycles. The molecule has 0 aliphatic carbocycles. The molecule has 1 N–H and O–H groups in total. The smallest absolute Gasteiger partial charge is 0.230 e. The van der Waals surface area contributed by atoms with Crippen LogP contribution in [-0.2, 0) is 9.53 Å². The average Bonchev–Trinajstić information content (AvgIpc) is 3.17. The maximum atomic E-state index is 12.6. The number of aromatic nitrogens is 3. The van der Waals surface area contributed by atoms with Crippen molar-refractivity contribution in [2.45, 2.75) is 25.9 Å². The van der Waals surface area contributed by atoms with Gasteiger partial charge in [0.1, 0.15) is 11.9 Å². The number of hydrogen-bond acceptors (Lipinski definition) is 5. The Morgan fingerprint density at radius 2 is 2.48 bits per heavy atom. The van der Waals surface area contributed by atoms with Crippen LogP contribution in [0.15, 0.2) is 16.8 Å². The van der Waals surface area contributed by atoms with Crippen LogP contribution < -0.4 is 0 Å². The fourth-order valence-corrected chi connectivity index (χ4v) is 3.20. The summed E-state index contributed by atoms with van der Waals surface area (Å²) in [5.74, 6) is 1.38. The molecule has 21 heavy (non-hydrogen) atoms. The average molecular weight is 306 g/mol. The molecular weight excluding hydrogens is 288 g/mol. The van der Waals surface area contributed by atoms with E-state index in [4.69, 9.17) is 4.74 Å². The predicted octanol–water partition coefficient (Wildman–Crippen LogP) is 1.88. The number of morpholine rings is 1. The second-order valence-corrected chi connectivity index (χ2v) is 5.98. The summed E-state index contributed by atoms with van der Waals surface area (Å²) in [4.78, 5) is 18.7. The van der Waals surface area contributed by atoms with Gasteiger partial charge >= 0.3 is 0 Å². The van der Waals surface area contributed by atoms with Crippen molar-refractivity contribution in [3.8, 4) is 0 Å². The van der Waals surface area contributed by atoms with E-state index in [0.29, 0.717) is 25.5 Å². The van der Waals surface area contributed by atoms with Crippen molar-refractivity contribution in [2.75, 3.05) is 19.7 Å². The second kappa shape index (κ2) is 5.95. The fourth-order valence-electron chi connectivity index (χ4n) is 2.45. The van der Waals surface area contributed by atoms with Crippen LogP contribution in [0.1, 0.15) is 36.2 Å². The zero-order chi connectivity index (χ0) is 14.8. The fraction of sp³-hybridized carbons (Fsp3) is 0.500. The van der Waals surface area contributed by atoms with Gasteiger partial charge in [-0.2, -0.15) is 16.4 Å². The molecule has 2 aromatic rings. The summed E-state index contributed by atoms with van der Waals surface area (Å²) in [6.07, 6.45) is -0.248. The number of thiophene rings is 1. The molecule has 1 aliphatic heterocycles. The van der Waals surface area contributed by atoms with Gasteiger partial charge < -0.3 is 9.64 Å². The second-order valence-electron chi connectivity index (χ2n) is 5.20. The number of nitrogens with zero attached hydrogens (tertiary/aromatic N) is 3. The van der Waals surface area contributed by atoms with Gasteiger partial charge in [-0.25, -0.2) is 4.98 Å². The maximum Gasteiger partial charge on any atom is 0.230 e. The number of carbonyl (C=O) groups is 1. The lowest BCUT2D eigenvalue weighted by molar-refractivity contribution is -0.140. The SMILES string of the molecule is Cc1nc([C@H]2CN(C(=O)[C@H](C)c3ccsc3)CCO2)n[nH]1. The Morgan fingerprint density at radius 1 is 1.62 bits per heavy atom. The van der Waals surface area contributed by atoms with Crippen molar-refractivity contribution in [2.24, 2.45) is 0 Å². The molecule has 0 aromatic carbocycles. The van der Waals surface area contributed by atoms with Crippen molar-refractivity contribution in [3.05, 3.63) is 34.0 Å². The van der Waals surface area contributed by atoms with Gasteiger partial charge in [0.2, 0.25) is 5.91 Å². The summed E-state index contributed by atoms with van der Waals surface area (Å²) < 4.78 is 5.69. The highest BCUT2D eigenvalue weighted by Crippen LogP contribution is 2.25. The molecule has 0 spiro atoms. The first-order valence-corrected chi connectivity index (χ1v) is 7.91. The highest BCUT2D eigenvalue weighted by atomic mass is 32.1. The minimum absolute atomic E-state index is 0.121. The highest BCUT2D eigenvalue weighted by molar-refractivity contribution is 7.08. The Bertz CT molecular complexity index is 610. The molecule has 3 rings (SSSR count). The molecule has 1 saturated heterocycles. The normalized spacial score (nSPS) is 20.5. The van der Waals surface area contributed by atoms with Gasteiger partial charge in [0, 0.05) is 6.54 Å². The summed E-state index contributed by atoms with van der Waals surface area (Å²) in [7, 11) is 0. The standard InChI is InChI=1S/C14H18N4O2S/c1-9(11-3-6-21-8-11)14(19)18-4-5-20-12(7-18)13-15-10(2)16-17-13/h3,6,8-9,12H,4-5,7H2,1-2H3,(H,15,16,17)/t9-,12-/m1/s1. The predicted molar refractivity (Wildman–Crippen MR) is 79.1 cm³/mol.